The molecule has 98 valence electrons. The average molecular weight is 227 g/mol. The maximum absolute atomic E-state index is 3.44. The zero-order chi connectivity index (χ0) is 12.3. The zero-order valence-electron chi connectivity index (χ0n) is 12.1. The van der Waals surface area contributed by atoms with Gasteiger partial charge in [-0.25, -0.2) is 0 Å². The highest BCUT2D eigenvalue weighted by molar-refractivity contribution is 4.76. The molecule has 1 N–H and O–H groups in total. The van der Waals surface area contributed by atoms with E-state index in [2.05, 4.69) is 33.0 Å². The molecule has 0 aromatic rings. The van der Waals surface area contributed by atoms with E-state index >= 15 is 0 Å². The van der Waals surface area contributed by atoms with Crippen molar-refractivity contribution in [3.63, 3.8) is 0 Å². The molecule has 1 nitrogen and oxygen atoms in total. The summed E-state index contributed by atoms with van der Waals surface area (Å²) in [6, 6.07) is 0. The molecule has 1 unspecified atom stereocenters. The molecule has 16 heavy (non-hydrogen) atoms. The Hall–Kier alpha value is -0.0400. The molecule has 0 radical (unpaired) electrons. The van der Waals surface area contributed by atoms with E-state index in [-0.39, 0.29) is 0 Å². The van der Waals surface area contributed by atoms with Gasteiger partial charge in [0.05, 0.1) is 0 Å². The van der Waals surface area contributed by atoms with E-state index in [1.807, 2.05) is 0 Å². The Labute approximate surface area is 103 Å². The van der Waals surface area contributed by atoms with Crippen LogP contribution in [-0.2, 0) is 0 Å². The summed E-state index contributed by atoms with van der Waals surface area (Å²) in [5.74, 6) is 0. The Balaban J connectivity index is 0.000000325. The molecule has 0 aromatic carbocycles. The average Bonchev–Trinajstić information content (AvgIpc) is 2.53. The molecule has 1 rings (SSSR count). The van der Waals surface area contributed by atoms with Crippen LogP contribution in [0.15, 0.2) is 0 Å². The van der Waals surface area contributed by atoms with Gasteiger partial charge in [-0.3, -0.25) is 0 Å². The molecule has 1 heterocycles. The van der Waals surface area contributed by atoms with Gasteiger partial charge < -0.3 is 5.32 Å². The van der Waals surface area contributed by atoms with Gasteiger partial charge >= 0.3 is 0 Å². The number of unbranched alkanes of at least 4 members (excludes halogenated alkanes) is 3. The highest BCUT2D eigenvalue weighted by Gasteiger charge is 2.22. The Morgan fingerprint density at radius 1 is 0.938 bits per heavy atom. The summed E-state index contributed by atoms with van der Waals surface area (Å²) >= 11 is 0. The lowest BCUT2D eigenvalue weighted by molar-refractivity contribution is 0.274. The van der Waals surface area contributed by atoms with Gasteiger partial charge in [-0.05, 0) is 37.8 Å². The molecular formula is C15H33N. The van der Waals surface area contributed by atoms with Gasteiger partial charge in [0.15, 0.2) is 0 Å². The second-order valence-corrected chi connectivity index (χ2v) is 5.47. The first-order valence-electron chi connectivity index (χ1n) is 7.39. The van der Waals surface area contributed by atoms with Crippen LogP contribution >= 0.6 is 0 Å². The number of hydrogen-bond acceptors (Lipinski definition) is 1. The van der Waals surface area contributed by atoms with Crippen molar-refractivity contribution >= 4 is 0 Å². The van der Waals surface area contributed by atoms with Gasteiger partial charge in [-0.1, -0.05) is 59.8 Å². The van der Waals surface area contributed by atoms with Crippen LogP contribution in [0.4, 0.5) is 0 Å². The van der Waals surface area contributed by atoms with Gasteiger partial charge in [-0.2, -0.15) is 0 Å². The lowest BCUT2D eigenvalue weighted by atomic mass is 9.81. The minimum Gasteiger partial charge on any atom is -0.317 e. The van der Waals surface area contributed by atoms with E-state index in [4.69, 9.17) is 0 Å². The van der Waals surface area contributed by atoms with Crippen LogP contribution in [0.3, 0.4) is 0 Å². The summed E-state index contributed by atoms with van der Waals surface area (Å²) in [7, 11) is 0. The van der Waals surface area contributed by atoms with Crippen LogP contribution in [0.2, 0.25) is 0 Å². The lowest BCUT2D eigenvalue weighted by Gasteiger charge is -2.25. The van der Waals surface area contributed by atoms with E-state index in [9.17, 15) is 0 Å². The first-order chi connectivity index (χ1) is 7.68. The normalized spacial score (nSPS) is 25.5. The first-order valence-corrected chi connectivity index (χ1v) is 7.39. The van der Waals surface area contributed by atoms with Crippen molar-refractivity contribution in [1.29, 1.82) is 0 Å². The highest BCUT2D eigenvalue weighted by atomic mass is 14.9. The van der Waals surface area contributed by atoms with Gasteiger partial charge in [0, 0.05) is 0 Å². The van der Waals surface area contributed by atoms with E-state index in [0.717, 1.165) is 0 Å². The fourth-order valence-electron chi connectivity index (χ4n) is 2.13. The third-order valence-corrected chi connectivity index (χ3v) is 3.85. The summed E-state index contributed by atoms with van der Waals surface area (Å²) in [5.41, 5.74) is 0.642. The minimum absolute atomic E-state index is 0.642. The molecule has 0 spiro atoms. The Morgan fingerprint density at radius 2 is 1.56 bits per heavy atom. The van der Waals surface area contributed by atoms with Crippen molar-refractivity contribution in [2.75, 3.05) is 13.1 Å². The van der Waals surface area contributed by atoms with Gasteiger partial charge in [0.25, 0.3) is 0 Å². The van der Waals surface area contributed by atoms with Crippen LogP contribution in [0, 0.1) is 5.41 Å². The second-order valence-electron chi connectivity index (χ2n) is 5.47. The molecule has 1 heteroatoms. The van der Waals surface area contributed by atoms with Crippen molar-refractivity contribution in [2.24, 2.45) is 5.41 Å². The molecule has 0 aromatic heterocycles. The van der Waals surface area contributed by atoms with Gasteiger partial charge in [-0.15, -0.1) is 0 Å². The molecule has 0 bridgehead atoms. The lowest BCUT2D eigenvalue weighted by Crippen LogP contribution is -2.18. The van der Waals surface area contributed by atoms with Crippen LogP contribution in [-0.4, -0.2) is 13.1 Å². The fraction of sp³-hybridized carbons (Fsp3) is 1.00. The van der Waals surface area contributed by atoms with Crippen molar-refractivity contribution < 1.29 is 0 Å². The van der Waals surface area contributed by atoms with Crippen molar-refractivity contribution in [3.05, 3.63) is 0 Å². The second kappa shape index (κ2) is 10.1. The summed E-state index contributed by atoms with van der Waals surface area (Å²) in [6.07, 6.45) is 11.0. The smallest absolute Gasteiger partial charge is 0.00437 e. The summed E-state index contributed by atoms with van der Waals surface area (Å²) in [6.45, 7) is 11.6. The third kappa shape index (κ3) is 8.15. The highest BCUT2D eigenvalue weighted by Crippen LogP contribution is 2.31. The largest absolute Gasteiger partial charge is 0.317 e. The topological polar surface area (TPSA) is 12.0 Å². The van der Waals surface area contributed by atoms with Crippen molar-refractivity contribution in [3.8, 4) is 0 Å². The number of rotatable bonds is 4. The van der Waals surface area contributed by atoms with E-state index < -0.39 is 0 Å². The quantitative estimate of drug-likeness (QED) is 0.683. The van der Waals surface area contributed by atoms with Crippen LogP contribution in [0.25, 0.3) is 0 Å². The van der Waals surface area contributed by atoms with Gasteiger partial charge in [0.2, 0.25) is 0 Å². The maximum atomic E-state index is 3.44. The summed E-state index contributed by atoms with van der Waals surface area (Å²) in [4.78, 5) is 0. The zero-order valence-corrected chi connectivity index (χ0v) is 12.1. The number of hydrogen-bond donors (Lipinski definition) is 1. The maximum Gasteiger partial charge on any atom is -0.00437 e. The molecule has 0 amide bonds. The molecule has 1 atom stereocenters. The Kier molecular flexibility index (Phi) is 10.1. The monoisotopic (exact) mass is 227 g/mol. The standard InChI is InChI=1S/C9H19N.C6H14/c1-3-9(2)5-4-7-10-8-6-9;1-3-5-6-4-2/h10H,3-8H2,1-2H3;3-6H2,1-2H3. The molecule has 1 aliphatic rings. The Morgan fingerprint density at radius 3 is 2.06 bits per heavy atom. The SMILES string of the molecule is CCC1(C)CCCNCC1.CCCCCC. The Bertz CT molecular complexity index is 130. The molecule has 1 fully saturated rings. The minimum atomic E-state index is 0.642. The molecule has 1 saturated heterocycles. The van der Waals surface area contributed by atoms with Crippen molar-refractivity contribution in [1.82, 2.24) is 5.32 Å². The molecular weight excluding hydrogens is 194 g/mol. The summed E-state index contributed by atoms with van der Waals surface area (Å²) in [5, 5.41) is 3.44. The van der Waals surface area contributed by atoms with Crippen LogP contribution in [0.5, 0.6) is 0 Å². The molecule has 1 aliphatic heterocycles. The number of nitrogens with one attached hydrogen (secondary N) is 1. The fourth-order valence-corrected chi connectivity index (χ4v) is 2.13. The van der Waals surface area contributed by atoms with E-state index in [1.54, 1.807) is 0 Å². The molecule has 0 aliphatic carbocycles. The van der Waals surface area contributed by atoms with Crippen molar-refractivity contribution in [2.45, 2.75) is 79.1 Å². The van der Waals surface area contributed by atoms with Crippen LogP contribution < -0.4 is 5.32 Å². The summed E-state index contributed by atoms with van der Waals surface area (Å²) < 4.78 is 0. The van der Waals surface area contributed by atoms with Gasteiger partial charge in [0.1, 0.15) is 0 Å². The first kappa shape index (κ1) is 16.0. The third-order valence-electron chi connectivity index (χ3n) is 3.85. The van der Waals surface area contributed by atoms with E-state index in [1.165, 1.54) is 64.5 Å². The predicted molar refractivity (Wildman–Crippen MR) is 74.9 cm³/mol. The predicted octanol–water partition coefficient (Wildman–Crippen LogP) is 4.76. The van der Waals surface area contributed by atoms with Crippen LogP contribution in [0.1, 0.15) is 79.1 Å². The van der Waals surface area contributed by atoms with E-state index in [0.29, 0.717) is 5.41 Å². The molecule has 0 saturated carbocycles.